The summed E-state index contributed by atoms with van der Waals surface area (Å²) in [5.74, 6) is 2.45. The van der Waals surface area contributed by atoms with Crippen LogP contribution in [0.5, 0.6) is 0 Å². The minimum absolute atomic E-state index is 0.490. The van der Waals surface area contributed by atoms with Crippen LogP contribution in [0.3, 0.4) is 0 Å². The predicted octanol–water partition coefficient (Wildman–Crippen LogP) is 1.55. The molecule has 0 fully saturated rings. The monoisotopic (exact) mass is 162 g/mol. The van der Waals surface area contributed by atoms with Crippen molar-refractivity contribution < 1.29 is 13.6 Å². The van der Waals surface area contributed by atoms with Crippen LogP contribution in [0.1, 0.15) is 6.42 Å². The van der Waals surface area contributed by atoms with Gasteiger partial charge in [-0.2, -0.15) is 0 Å². The summed E-state index contributed by atoms with van der Waals surface area (Å²) in [4.78, 5) is 0. The SMILES string of the molecule is C#CCCOP(OC)OC. The molecule has 0 aromatic rings. The van der Waals surface area contributed by atoms with Crippen LogP contribution in [0.2, 0.25) is 0 Å². The van der Waals surface area contributed by atoms with Crippen LogP contribution in [0.4, 0.5) is 0 Å². The Labute approximate surface area is 62.7 Å². The van der Waals surface area contributed by atoms with E-state index in [1.54, 1.807) is 0 Å². The maximum absolute atomic E-state index is 5.06. The van der Waals surface area contributed by atoms with Crippen molar-refractivity contribution in [2.45, 2.75) is 6.42 Å². The van der Waals surface area contributed by atoms with Crippen LogP contribution in [0.25, 0.3) is 0 Å². The third kappa shape index (κ3) is 4.72. The molecule has 0 aromatic carbocycles. The number of terminal acetylenes is 1. The van der Waals surface area contributed by atoms with E-state index in [4.69, 9.17) is 20.0 Å². The molecule has 0 aliphatic carbocycles. The van der Waals surface area contributed by atoms with E-state index in [1.807, 2.05) is 0 Å². The second-order valence-corrected chi connectivity index (χ2v) is 2.81. The molecule has 0 bridgehead atoms. The quantitative estimate of drug-likeness (QED) is 0.348. The predicted molar refractivity (Wildman–Crippen MR) is 40.3 cm³/mol. The Morgan fingerprint density at radius 3 is 2.40 bits per heavy atom. The Balaban J connectivity index is 3.19. The molecule has 0 saturated carbocycles. The third-order valence-corrected chi connectivity index (χ3v) is 1.73. The molecule has 3 nitrogen and oxygen atoms in total. The average molecular weight is 162 g/mol. The third-order valence-electron chi connectivity index (χ3n) is 0.741. The Morgan fingerprint density at radius 1 is 1.40 bits per heavy atom. The Kier molecular flexibility index (Phi) is 6.89. The van der Waals surface area contributed by atoms with Crippen LogP contribution in [0.15, 0.2) is 0 Å². The van der Waals surface area contributed by atoms with Crippen LogP contribution in [0, 0.1) is 12.3 Å². The maximum atomic E-state index is 5.06. The molecular weight excluding hydrogens is 151 g/mol. The lowest BCUT2D eigenvalue weighted by atomic mass is 10.5. The molecule has 0 aliphatic rings. The summed E-state index contributed by atoms with van der Waals surface area (Å²) in [5, 5.41) is 0. The first-order valence-electron chi connectivity index (χ1n) is 2.80. The van der Waals surface area contributed by atoms with E-state index < -0.39 is 8.60 Å². The van der Waals surface area contributed by atoms with Crippen LogP contribution >= 0.6 is 8.60 Å². The van der Waals surface area contributed by atoms with Crippen LogP contribution in [-0.4, -0.2) is 20.8 Å². The Morgan fingerprint density at radius 2 is 2.00 bits per heavy atom. The topological polar surface area (TPSA) is 27.7 Å². The lowest BCUT2D eigenvalue weighted by Crippen LogP contribution is -1.90. The molecule has 0 radical (unpaired) electrons. The van der Waals surface area contributed by atoms with Crippen molar-refractivity contribution in [3.63, 3.8) is 0 Å². The zero-order chi connectivity index (χ0) is 7.82. The highest BCUT2D eigenvalue weighted by atomic mass is 31.2. The summed E-state index contributed by atoms with van der Waals surface area (Å²) < 4.78 is 14.7. The first kappa shape index (κ1) is 9.87. The summed E-state index contributed by atoms with van der Waals surface area (Å²) in [5.41, 5.74) is 0. The van der Waals surface area contributed by atoms with E-state index >= 15 is 0 Å². The largest absolute Gasteiger partial charge is 0.332 e. The first-order chi connectivity index (χ1) is 4.85. The summed E-state index contributed by atoms with van der Waals surface area (Å²) >= 11 is 0. The Hall–Kier alpha value is -0.130. The second kappa shape index (κ2) is 6.98. The van der Waals surface area contributed by atoms with Gasteiger partial charge in [0.05, 0.1) is 6.61 Å². The lowest BCUT2D eigenvalue weighted by Gasteiger charge is -2.09. The molecule has 0 N–H and O–H groups in total. The highest BCUT2D eigenvalue weighted by molar-refractivity contribution is 7.41. The average Bonchev–Trinajstić information content (AvgIpc) is 1.99. The summed E-state index contributed by atoms with van der Waals surface area (Å²) in [6.07, 6.45) is 5.58. The summed E-state index contributed by atoms with van der Waals surface area (Å²) in [6.45, 7) is 0.490. The van der Waals surface area contributed by atoms with Crippen molar-refractivity contribution in [2.75, 3.05) is 20.8 Å². The lowest BCUT2D eigenvalue weighted by molar-refractivity contribution is 0.210. The van der Waals surface area contributed by atoms with Crippen molar-refractivity contribution in [1.82, 2.24) is 0 Å². The van der Waals surface area contributed by atoms with Gasteiger partial charge in [-0.15, -0.1) is 12.3 Å². The second-order valence-electron chi connectivity index (χ2n) is 1.38. The van der Waals surface area contributed by atoms with Crippen LogP contribution < -0.4 is 0 Å². The van der Waals surface area contributed by atoms with E-state index in [0.29, 0.717) is 13.0 Å². The van der Waals surface area contributed by atoms with Gasteiger partial charge in [0.2, 0.25) is 0 Å². The van der Waals surface area contributed by atoms with Crippen LogP contribution in [-0.2, 0) is 13.6 Å². The van der Waals surface area contributed by atoms with Gasteiger partial charge in [-0.1, -0.05) is 0 Å². The van der Waals surface area contributed by atoms with Gasteiger partial charge < -0.3 is 13.6 Å². The van der Waals surface area contributed by atoms with Crippen molar-refractivity contribution in [3.05, 3.63) is 0 Å². The van der Waals surface area contributed by atoms with Crippen molar-refractivity contribution in [2.24, 2.45) is 0 Å². The van der Waals surface area contributed by atoms with E-state index in [2.05, 4.69) is 5.92 Å². The van der Waals surface area contributed by atoms with E-state index in [9.17, 15) is 0 Å². The molecule has 0 rings (SSSR count). The first-order valence-corrected chi connectivity index (χ1v) is 3.89. The summed E-state index contributed by atoms with van der Waals surface area (Å²) in [7, 11) is 1.90. The normalized spacial score (nSPS) is 9.80. The summed E-state index contributed by atoms with van der Waals surface area (Å²) in [6, 6.07) is 0. The van der Waals surface area contributed by atoms with Crippen molar-refractivity contribution in [1.29, 1.82) is 0 Å². The molecule has 10 heavy (non-hydrogen) atoms. The fourth-order valence-electron chi connectivity index (χ4n) is 0.359. The van der Waals surface area contributed by atoms with E-state index in [-0.39, 0.29) is 0 Å². The van der Waals surface area contributed by atoms with E-state index in [1.165, 1.54) is 14.2 Å². The molecule has 0 heterocycles. The van der Waals surface area contributed by atoms with E-state index in [0.717, 1.165) is 0 Å². The van der Waals surface area contributed by atoms with Gasteiger partial charge in [-0.05, 0) is 0 Å². The molecule has 0 saturated heterocycles. The van der Waals surface area contributed by atoms with Gasteiger partial charge in [0, 0.05) is 20.6 Å². The number of hydrogen-bond donors (Lipinski definition) is 0. The van der Waals surface area contributed by atoms with Gasteiger partial charge in [-0.25, -0.2) is 0 Å². The fourth-order valence-corrected chi connectivity index (χ4v) is 0.959. The van der Waals surface area contributed by atoms with Gasteiger partial charge >= 0.3 is 8.60 Å². The highest BCUT2D eigenvalue weighted by Crippen LogP contribution is 2.36. The zero-order valence-electron chi connectivity index (χ0n) is 6.16. The molecule has 58 valence electrons. The van der Waals surface area contributed by atoms with Gasteiger partial charge in [0.1, 0.15) is 0 Å². The molecule has 0 amide bonds. The van der Waals surface area contributed by atoms with Crippen molar-refractivity contribution >= 4 is 8.60 Å². The molecule has 0 spiro atoms. The van der Waals surface area contributed by atoms with Gasteiger partial charge in [0.25, 0.3) is 0 Å². The number of hydrogen-bond acceptors (Lipinski definition) is 3. The highest BCUT2D eigenvalue weighted by Gasteiger charge is 2.04. The standard InChI is InChI=1S/C6H11O3P/c1-4-5-6-9-10(7-2)8-3/h1H,5-6H2,2-3H3. The minimum atomic E-state index is -1.16. The van der Waals surface area contributed by atoms with Gasteiger partial charge in [0.15, 0.2) is 0 Å². The zero-order valence-corrected chi connectivity index (χ0v) is 7.06. The van der Waals surface area contributed by atoms with Gasteiger partial charge in [-0.3, -0.25) is 0 Å². The van der Waals surface area contributed by atoms with Crippen molar-refractivity contribution in [3.8, 4) is 12.3 Å². The molecule has 0 aliphatic heterocycles. The smallest absolute Gasteiger partial charge is 0.316 e. The molecule has 0 atom stereocenters. The number of rotatable bonds is 5. The molecule has 0 aromatic heterocycles. The maximum Gasteiger partial charge on any atom is 0.332 e. The Bertz CT molecular complexity index is 106. The minimum Gasteiger partial charge on any atom is -0.316 e. The molecule has 0 unspecified atom stereocenters. The molecule has 4 heteroatoms. The molecular formula is C6H11O3P. The fraction of sp³-hybridized carbons (Fsp3) is 0.667.